The van der Waals surface area contributed by atoms with Gasteiger partial charge in [0.05, 0.1) is 11.9 Å². The van der Waals surface area contributed by atoms with Gasteiger partial charge in [-0.3, -0.25) is 0 Å². The van der Waals surface area contributed by atoms with Crippen molar-refractivity contribution in [1.29, 1.82) is 0 Å². The van der Waals surface area contributed by atoms with Crippen molar-refractivity contribution in [2.75, 3.05) is 30.8 Å². The second-order valence-corrected chi connectivity index (χ2v) is 8.98. The highest BCUT2D eigenvalue weighted by atomic mass is 32.2. The first-order valence-corrected chi connectivity index (χ1v) is 11.0. The van der Waals surface area contributed by atoms with Gasteiger partial charge in [0, 0.05) is 36.6 Å². The monoisotopic (exact) mass is 383 g/mol. The highest BCUT2D eigenvalue weighted by molar-refractivity contribution is 7.88. The number of aromatic nitrogens is 1. The SMILES string of the molecule is CCN(C1CCN(c2nc(-c3ccc(F)cc3)cs2)CC1)S(C)(=O)=O. The molecular weight excluding hydrogens is 361 g/mol. The van der Waals surface area contributed by atoms with Crippen LogP contribution in [0, 0.1) is 5.82 Å². The molecule has 1 aliphatic rings. The fourth-order valence-corrected chi connectivity index (χ4v) is 5.38. The Morgan fingerprint density at radius 2 is 1.92 bits per heavy atom. The lowest BCUT2D eigenvalue weighted by Crippen LogP contribution is -2.47. The molecule has 5 nitrogen and oxygen atoms in total. The maximum Gasteiger partial charge on any atom is 0.211 e. The van der Waals surface area contributed by atoms with E-state index >= 15 is 0 Å². The molecule has 25 heavy (non-hydrogen) atoms. The van der Waals surface area contributed by atoms with Crippen LogP contribution in [0.5, 0.6) is 0 Å². The molecule has 0 unspecified atom stereocenters. The van der Waals surface area contributed by atoms with Gasteiger partial charge in [-0.2, -0.15) is 4.31 Å². The topological polar surface area (TPSA) is 53.5 Å². The van der Waals surface area contributed by atoms with Gasteiger partial charge in [0.15, 0.2) is 5.13 Å². The molecule has 1 fully saturated rings. The normalized spacial score (nSPS) is 16.6. The molecule has 0 bridgehead atoms. The summed E-state index contributed by atoms with van der Waals surface area (Å²) in [6, 6.07) is 6.39. The Bertz CT molecular complexity index is 813. The van der Waals surface area contributed by atoms with Crippen LogP contribution in [0.25, 0.3) is 11.3 Å². The molecule has 2 aromatic rings. The Kier molecular flexibility index (Phi) is 5.41. The van der Waals surface area contributed by atoms with Crippen LogP contribution in [0.4, 0.5) is 9.52 Å². The Morgan fingerprint density at radius 3 is 2.48 bits per heavy atom. The molecular formula is C17H22FN3O2S2. The fourth-order valence-electron chi connectivity index (χ4n) is 3.27. The lowest BCUT2D eigenvalue weighted by Gasteiger charge is -2.36. The van der Waals surface area contributed by atoms with Gasteiger partial charge in [-0.1, -0.05) is 6.92 Å². The van der Waals surface area contributed by atoms with E-state index in [1.165, 1.54) is 18.4 Å². The summed E-state index contributed by atoms with van der Waals surface area (Å²) in [7, 11) is -3.16. The Morgan fingerprint density at radius 1 is 1.28 bits per heavy atom. The lowest BCUT2D eigenvalue weighted by molar-refractivity contribution is 0.285. The molecule has 1 aliphatic heterocycles. The van der Waals surface area contributed by atoms with Crippen molar-refractivity contribution in [1.82, 2.24) is 9.29 Å². The summed E-state index contributed by atoms with van der Waals surface area (Å²) in [6.45, 7) is 3.96. The first kappa shape index (κ1) is 18.3. The molecule has 1 saturated heterocycles. The largest absolute Gasteiger partial charge is 0.348 e. The third-order valence-electron chi connectivity index (χ3n) is 4.51. The Hall–Kier alpha value is -1.51. The third-order valence-corrected chi connectivity index (χ3v) is 6.82. The summed E-state index contributed by atoms with van der Waals surface area (Å²) in [5.41, 5.74) is 1.74. The number of halogens is 1. The van der Waals surface area contributed by atoms with E-state index in [-0.39, 0.29) is 11.9 Å². The van der Waals surface area contributed by atoms with Gasteiger partial charge in [-0.05, 0) is 37.1 Å². The Labute approximate surface area is 152 Å². The van der Waals surface area contributed by atoms with E-state index in [4.69, 9.17) is 0 Å². The Balaban J connectivity index is 1.67. The molecule has 1 aromatic heterocycles. The predicted octanol–water partition coefficient (Wildman–Crippen LogP) is 3.20. The molecule has 2 heterocycles. The van der Waals surface area contributed by atoms with E-state index in [0.29, 0.717) is 6.54 Å². The molecule has 0 radical (unpaired) electrons. The predicted molar refractivity (Wildman–Crippen MR) is 100.0 cm³/mol. The molecule has 0 N–H and O–H groups in total. The molecule has 0 saturated carbocycles. The summed E-state index contributed by atoms with van der Waals surface area (Å²) in [5, 5.41) is 2.91. The summed E-state index contributed by atoms with van der Waals surface area (Å²) in [4.78, 5) is 6.86. The maximum atomic E-state index is 13.0. The lowest BCUT2D eigenvalue weighted by atomic mass is 10.1. The molecule has 1 aromatic carbocycles. The van der Waals surface area contributed by atoms with Crippen LogP contribution in [0.15, 0.2) is 29.6 Å². The zero-order valence-electron chi connectivity index (χ0n) is 14.4. The standard InChI is InChI=1S/C17H22FN3O2S2/c1-3-21(25(2,22)23)15-8-10-20(11-9-15)17-19-16(12-24-17)13-4-6-14(18)7-5-13/h4-7,12,15H,3,8-11H2,1-2H3. The number of piperidine rings is 1. The van der Waals surface area contributed by atoms with Gasteiger partial charge in [0.25, 0.3) is 0 Å². The average molecular weight is 384 g/mol. The van der Waals surface area contributed by atoms with Crippen LogP contribution in [0.2, 0.25) is 0 Å². The highest BCUT2D eigenvalue weighted by Crippen LogP contribution is 2.30. The van der Waals surface area contributed by atoms with Gasteiger partial charge in [-0.15, -0.1) is 11.3 Å². The van der Waals surface area contributed by atoms with Crippen LogP contribution >= 0.6 is 11.3 Å². The van der Waals surface area contributed by atoms with Crippen LogP contribution in [0.1, 0.15) is 19.8 Å². The van der Waals surface area contributed by atoms with Crippen molar-refractivity contribution in [3.8, 4) is 11.3 Å². The van der Waals surface area contributed by atoms with E-state index in [0.717, 1.165) is 42.3 Å². The van der Waals surface area contributed by atoms with Gasteiger partial charge < -0.3 is 4.90 Å². The molecule has 0 aliphatic carbocycles. The summed E-state index contributed by atoms with van der Waals surface area (Å²) < 4.78 is 38.4. The first-order valence-electron chi connectivity index (χ1n) is 8.31. The summed E-state index contributed by atoms with van der Waals surface area (Å²) >= 11 is 1.57. The van der Waals surface area contributed by atoms with Crippen molar-refractivity contribution < 1.29 is 12.8 Å². The number of rotatable bonds is 5. The van der Waals surface area contributed by atoms with Crippen LogP contribution in [-0.4, -0.2) is 49.6 Å². The van der Waals surface area contributed by atoms with Crippen molar-refractivity contribution in [2.24, 2.45) is 0 Å². The van der Waals surface area contributed by atoms with Crippen LogP contribution in [0.3, 0.4) is 0 Å². The number of thiazole rings is 1. The number of anilines is 1. The van der Waals surface area contributed by atoms with Gasteiger partial charge >= 0.3 is 0 Å². The second-order valence-electron chi connectivity index (χ2n) is 6.21. The van der Waals surface area contributed by atoms with E-state index in [1.54, 1.807) is 27.8 Å². The number of benzene rings is 1. The van der Waals surface area contributed by atoms with Crippen molar-refractivity contribution in [3.05, 3.63) is 35.5 Å². The fraction of sp³-hybridized carbons (Fsp3) is 0.471. The quantitative estimate of drug-likeness (QED) is 0.796. The minimum absolute atomic E-state index is 0.0628. The zero-order chi connectivity index (χ0) is 18.0. The van der Waals surface area contributed by atoms with Crippen LogP contribution < -0.4 is 4.90 Å². The highest BCUT2D eigenvalue weighted by Gasteiger charge is 2.29. The zero-order valence-corrected chi connectivity index (χ0v) is 16.0. The molecule has 0 atom stereocenters. The molecule has 0 spiro atoms. The molecule has 0 amide bonds. The minimum atomic E-state index is -3.16. The van der Waals surface area contributed by atoms with Gasteiger partial charge in [0.1, 0.15) is 5.82 Å². The molecule has 3 rings (SSSR count). The van der Waals surface area contributed by atoms with Crippen molar-refractivity contribution in [3.63, 3.8) is 0 Å². The van der Waals surface area contributed by atoms with E-state index in [1.807, 2.05) is 12.3 Å². The van der Waals surface area contributed by atoms with Crippen molar-refractivity contribution >= 4 is 26.5 Å². The second kappa shape index (κ2) is 7.39. The maximum absolute atomic E-state index is 13.0. The van der Waals surface area contributed by atoms with Crippen LogP contribution in [-0.2, 0) is 10.0 Å². The minimum Gasteiger partial charge on any atom is -0.348 e. The van der Waals surface area contributed by atoms with Gasteiger partial charge in [0.2, 0.25) is 10.0 Å². The summed E-state index contributed by atoms with van der Waals surface area (Å²) in [6.07, 6.45) is 2.87. The van der Waals surface area contributed by atoms with Gasteiger partial charge in [-0.25, -0.2) is 17.8 Å². The third kappa shape index (κ3) is 4.19. The number of hydrogen-bond donors (Lipinski definition) is 0. The van der Waals surface area contributed by atoms with Crippen molar-refractivity contribution in [2.45, 2.75) is 25.8 Å². The first-order chi connectivity index (χ1) is 11.9. The summed E-state index contributed by atoms with van der Waals surface area (Å²) in [5.74, 6) is -0.257. The number of hydrogen-bond acceptors (Lipinski definition) is 5. The van der Waals surface area contributed by atoms with E-state index < -0.39 is 10.0 Å². The number of sulfonamides is 1. The van der Waals surface area contributed by atoms with E-state index in [2.05, 4.69) is 9.88 Å². The molecule has 8 heteroatoms. The smallest absolute Gasteiger partial charge is 0.211 e. The number of nitrogens with zero attached hydrogens (tertiary/aromatic N) is 3. The van der Waals surface area contributed by atoms with E-state index in [9.17, 15) is 12.8 Å². The average Bonchev–Trinajstić information content (AvgIpc) is 3.05. The molecule has 136 valence electrons.